The number of alkyl halides is 2. The van der Waals surface area contributed by atoms with Crippen molar-refractivity contribution in [2.24, 2.45) is 23.2 Å². The van der Waals surface area contributed by atoms with Gasteiger partial charge in [-0.15, -0.1) is 0 Å². The van der Waals surface area contributed by atoms with Gasteiger partial charge in [-0.05, 0) is 75.8 Å². The van der Waals surface area contributed by atoms with Crippen LogP contribution in [0.15, 0.2) is 18.2 Å². The third kappa shape index (κ3) is 8.13. The molecule has 0 radical (unpaired) electrons. The average molecular weight is 847 g/mol. The molecule has 18 heteroatoms. The zero-order chi connectivity index (χ0) is 42.9. The van der Waals surface area contributed by atoms with E-state index in [0.29, 0.717) is 54.6 Å². The highest BCUT2D eigenvalue weighted by atomic mass is 32.2. The first-order valence-electron chi connectivity index (χ1n) is 20.7. The molecule has 1 aromatic heterocycles. The van der Waals surface area contributed by atoms with Crippen molar-refractivity contribution in [3.63, 3.8) is 0 Å². The average Bonchev–Trinajstić information content (AvgIpc) is 4.12. The summed E-state index contributed by atoms with van der Waals surface area (Å²) in [5.74, 6) is -4.47. The summed E-state index contributed by atoms with van der Waals surface area (Å²) < 4.78 is 73.7. The fourth-order valence-corrected chi connectivity index (χ4v) is 10.1. The monoisotopic (exact) mass is 846 g/mol. The molecule has 15 nitrogen and oxygen atoms in total. The van der Waals surface area contributed by atoms with Crippen LogP contribution in [0.3, 0.4) is 0 Å². The minimum atomic E-state index is -4.24. The van der Waals surface area contributed by atoms with Crippen molar-refractivity contribution >= 4 is 44.9 Å². The van der Waals surface area contributed by atoms with Crippen molar-refractivity contribution < 1.29 is 50.6 Å². The normalized spacial score (nSPS) is 32.0. The number of methoxy groups -OCH3 is 1. The van der Waals surface area contributed by atoms with E-state index in [0.717, 1.165) is 25.7 Å². The number of benzene rings is 1. The van der Waals surface area contributed by atoms with E-state index >= 15 is 0 Å². The van der Waals surface area contributed by atoms with E-state index < -0.39 is 98.0 Å². The number of carbonyl (C=O) groups is 4. The molecule has 2 bridgehead atoms. The van der Waals surface area contributed by atoms with Gasteiger partial charge in [0.1, 0.15) is 40.8 Å². The van der Waals surface area contributed by atoms with Crippen LogP contribution in [0.4, 0.5) is 13.6 Å². The Hall–Kier alpha value is -4.35. The molecule has 2 aromatic rings. The number of carbonyl (C=O) groups excluding carboxylic acids is 4. The number of hydrogen-bond donors (Lipinski definition) is 3. The van der Waals surface area contributed by atoms with Crippen molar-refractivity contribution in [2.45, 2.75) is 146 Å². The molecule has 4 fully saturated rings. The number of halogens is 2. The highest BCUT2D eigenvalue weighted by molar-refractivity contribution is 7.91. The van der Waals surface area contributed by atoms with Crippen LogP contribution in [0.2, 0.25) is 0 Å². The third-order valence-corrected chi connectivity index (χ3v) is 15.5. The Labute approximate surface area is 343 Å². The highest BCUT2D eigenvalue weighted by Crippen LogP contribution is 2.53. The van der Waals surface area contributed by atoms with Gasteiger partial charge in [0, 0.05) is 17.9 Å². The Bertz CT molecular complexity index is 2130. The molecule has 3 heterocycles. The molecule has 3 aliphatic carbocycles. The van der Waals surface area contributed by atoms with Crippen molar-refractivity contribution in [3.8, 4) is 11.6 Å². The van der Waals surface area contributed by atoms with Crippen LogP contribution < -0.4 is 24.8 Å². The molecule has 0 unspecified atom stereocenters. The zero-order valence-electron chi connectivity index (χ0n) is 34.7. The summed E-state index contributed by atoms with van der Waals surface area (Å²) in [7, 11) is -2.71. The van der Waals surface area contributed by atoms with Crippen LogP contribution in [0.5, 0.6) is 11.6 Å². The Morgan fingerprint density at radius 3 is 2.46 bits per heavy atom. The van der Waals surface area contributed by atoms with Crippen LogP contribution >= 0.6 is 0 Å². The number of alkyl carbamates (subject to hydrolysis) is 1. The summed E-state index contributed by atoms with van der Waals surface area (Å²) in [6, 6.07) is 2.68. The minimum absolute atomic E-state index is 0.162. The summed E-state index contributed by atoms with van der Waals surface area (Å²) in [6.45, 7) is 10.1. The molecule has 4 amide bonds. The van der Waals surface area contributed by atoms with E-state index in [1.54, 1.807) is 45.9 Å². The number of aryl methyl sites for hydroxylation is 1. The van der Waals surface area contributed by atoms with Crippen molar-refractivity contribution in [2.75, 3.05) is 13.7 Å². The molecular weight excluding hydrogens is 791 g/mol. The van der Waals surface area contributed by atoms with Gasteiger partial charge in [0.2, 0.25) is 34.1 Å². The van der Waals surface area contributed by atoms with Crippen LogP contribution in [0, 0.1) is 23.2 Å². The van der Waals surface area contributed by atoms with Gasteiger partial charge in [-0.1, -0.05) is 47.5 Å². The van der Waals surface area contributed by atoms with Crippen molar-refractivity contribution in [1.29, 1.82) is 0 Å². The number of aromatic nitrogens is 2. The van der Waals surface area contributed by atoms with Crippen molar-refractivity contribution in [1.82, 2.24) is 30.2 Å². The lowest BCUT2D eigenvalue weighted by Gasteiger charge is -2.36. The number of sulfonamides is 1. The van der Waals surface area contributed by atoms with E-state index in [4.69, 9.17) is 24.2 Å². The summed E-state index contributed by atoms with van der Waals surface area (Å²) in [5, 5.41) is 5.28. The van der Waals surface area contributed by atoms with Crippen LogP contribution in [0.1, 0.15) is 105 Å². The number of rotatable bonds is 8. The molecule has 2 aliphatic heterocycles. The van der Waals surface area contributed by atoms with Gasteiger partial charge in [-0.25, -0.2) is 32.0 Å². The van der Waals surface area contributed by atoms with Gasteiger partial charge in [0.05, 0.1) is 35.4 Å². The van der Waals surface area contributed by atoms with Gasteiger partial charge in [0.15, 0.2) is 0 Å². The predicted molar refractivity (Wildman–Crippen MR) is 211 cm³/mol. The minimum Gasteiger partial charge on any atom is -0.497 e. The molecule has 59 heavy (non-hydrogen) atoms. The maximum Gasteiger partial charge on any atom is 0.408 e. The lowest BCUT2D eigenvalue weighted by Crippen LogP contribution is -2.61. The number of ether oxygens (including phenoxy) is 3. The molecule has 3 saturated carbocycles. The van der Waals surface area contributed by atoms with Crippen LogP contribution in [-0.2, 0) is 35.6 Å². The van der Waals surface area contributed by atoms with Gasteiger partial charge in [-0.3, -0.25) is 19.1 Å². The lowest BCUT2D eigenvalue weighted by atomic mass is 9.85. The smallest absolute Gasteiger partial charge is 0.408 e. The fraction of sp³-hybridized carbons (Fsp3) is 0.707. The largest absolute Gasteiger partial charge is 0.497 e. The van der Waals surface area contributed by atoms with Gasteiger partial charge >= 0.3 is 6.09 Å². The molecule has 5 aliphatic rings. The second-order valence-electron chi connectivity index (χ2n) is 18.5. The number of fused-ring (bicyclic) bond motifs is 5. The van der Waals surface area contributed by atoms with E-state index in [2.05, 4.69) is 10.6 Å². The topological polar surface area (TPSA) is 195 Å². The zero-order valence-corrected chi connectivity index (χ0v) is 35.5. The van der Waals surface area contributed by atoms with Crippen molar-refractivity contribution in [3.05, 3.63) is 23.9 Å². The van der Waals surface area contributed by atoms with E-state index in [1.165, 1.54) is 18.9 Å². The molecule has 3 N–H and O–H groups in total. The summed E-state index contributed by atoms with van der Waals surface area (Å²) in [5.41, 5.74) is -2.13. The number of amides is 4. The maximum atomic E-state index is 14.9. The Morgan fingerprint density at radius 2 is 1.83 bits per heavy atom. The molecule has 324 valence electrons. The first kappa shape index (κ1) is 42.8. The molecular formula is C41H56F2N6O9S. The highest BCUT2D eigenvalue weighted by Gasteiger charge is 2.68. The van der Waals surface area contributed by atoms with Crippen LogP contribution in [0.25, 0.3) is 11.0 Å². The summed E-state index contributed by atoms with van der Waals surface area (Å²) in [4.78, 5) is 67.8. The Morgan fingerprint density at radius 1 is 1.10 bits per heavy atom. The lowest BCUT2D eigenvalue weighted by molar-refractivity contribution is -0.143. The third-order valence-electron chi connectivity index (χ3n) is 13.3. The van der Waals surface area contributed by atoms with Crippen LogP contribution in [-0.4, -0.2) is 101 Å². The van der Waals surface area contributed by atoms with E-state index in [1.807, 2.05) is 11.6 Å². The summed E-state index contributed by atoms with van der Waals surface area (Å²) >= 11 is 0. The molecule has 0 spiro atoms. The molecule has 1 saturated heterocycles. The Balaban J connectivity index is 1.26. The predicted octanol–water partition coefficient (Wildman–Crippen LogP) is 4.80. The second kappa shape index (κ2) is 15.3. The second-order valence-corrected chi connectivity index (χ2v) is 20.7. The Kier molecular flexibility index (Phi) is 11.1. The van der Waals surface area contributed by atoms with Gasteiger partial charge in [0.25, 0.3) is 5.91 Å². The first-order valence-corrected chi connectivity index (χ1v) is 22.1. The van der Waals surface area contributed by atoms with Gasteiger partial charge < -0.3 is 29.7 Å². The summed E-state index contributed by atoms with van der Waals surface area (Å²) in [6.07, 6.45) is 0.532. The van der Waals surface area contributed by atoms with E-state index in [-0.39, 0.29) is 18.3 Å². The SMILES string of the molecule is CC[C@]12C[C@@H]1CCCCCc1nc3ccc(OC)cc3nc1O[C@H]1CN(C(=O)[C@H](C(C)(C)C)NC(=O)O2)[C@H](C(=O)N[C@]2(C(=O)NS(=O)(=O)C3(C)CC3)C[C@H]2C(F)F)[C@@H]1C. The first-order chi connectivity index (χ1) is 27.7. The number of nitrogens with one attached hydrogen (secondary N) is 3. The maximum absolute atomic E-state index is 14.9. The quantitative estimate of drug-likeness (QED) is 0.331. The molecule has 7 rings (SSSR count). The molecule has 1 aromatic carbocycles. The fourth-order valence-electron chi connectivity index (χ4n) is 8.78. The number of hydrogen-bond acceptors (Lipinski definition) is 11. The standard InChI is InChI=1S/C41H56F2N6O9S/c1-8-40-19-23(40)12-10-9-11-13-27-34(45-28-18-24(56-7)14-15-26(28)44-27)57-29-21-49(35(51)31(38(3,4)5)46-37(53)58-40)30(22(29)2)33(50)47-41(20-25(41)32(42)43)36(52)48-59(54,55)39(6)16-17-39/h14-15,18,22-23,25,29-32H,8-13,16-17,19-21H2,1-7H3,(H,46,53)(H,47,50)(H,48,52)/t22-,23+,25+,29+,30+,31-,40+,41-/m1/s1. The van der Waals surface area contributed by atoms with Gasteiger partial charge in [-0.2, -0.15) is 0 Å². The molecule has 8 atom stereocenters. The number of nitrogens with zero attached hydrogens (tertiary/aromatic N) is 3. The van der Waals surface area contributed by atoms with E-state index in [9.17, 15) is 36.4 Å².